The van der Waals surface area contributed by atoms with Gasteiger partial charge < -0.3 is 5.32 Å². The van der Waals surface area contributed by atoms with Crippen molar-refractivity contribution in [2.45, 2.75) is 24.2 Å². The fourth-order valence-electron chi connectivity index (χ4n) is 2.94. The summed E-state index contributed by atoms with van der Waals surface area (Å²) in [6.45, 7) is 2.53. The van der Waals surface area contributed by atoms with Crippen molar-refractivity contribution in [3.8, 4) is 0 Å². The summed E-state index contributed by atoms with van der Waals surface area (Å²) in [5, 5.41) is 4.19. The van der Waals surface area contributed by atoms with Crippen LogP contribution in [0, 0.1) is 5.92 Å². The molecule has 2 aromatic rings. The molecule has 0 aliphatic carbocycles. The van der Waals surface area contributed by atoms with Crippen LogP contribution in [0.15, 0.2) is 41.4 Å². The maximum absolute atomic E-state index is 12.5. The van der Waals surface area contributed by atoms with Crippen molar-refractivity contribution in [1.29, 1.82) is 0 Å². The molecule has 0 saturated carbocycles. The molecule has 0 radical (unpaired) electrons. The maximum Gasteiger partial charge on any atom is 0.242 e. The fraction of sp³-hybridized carbons (Fsp3) is 0.438. The van der Waals surface area contributed by atoms with Gasteiger partial charge in [-0.15, -0.1) is 0 Å². The van der Waals surface area contributed by atoms with Gasteiger partial charge in [0.1, 0.15) is 4.90 Å². The molecular formula is C16H21N3O2S. The van der Waals surface area contributed by atoms with Crippen LogP contribution in [0.5, 0.6) is 0 Å². The standard InChI is InChI=1S/C16H21N3O2S/c20-22(21,19-11-8-13-4-2-9-17-12-13)15-7-1-5-14-6-3-10-18-16(14)15/h1,3,5-7,10,13,17,19H,2,4,8-9,11-12H2. The number of nitrogens with one attached hydrogen (secondary N) is 2. The Morgan fingerprint density at radius 1 is 1.27 bits per heavy atom. The molecule has 1 aliphatic heterocycles. The fourth-order valence-corrected chi connectivity index (χ4v) is 4.16. The Hall–Kier alpha value is -1.50. The van der Waals surface area contributed by atoms with Crippen LogP contribution in [0.25, 0.3) is 10.9 Å². The number of nitrogens with zero attached hydrogens (tertiary/aromatic N) is 1. The van der Waals surface area contributed by atoms with Crippen molar-refractivity contribution >= 4 is 20.9 Å². The average molecular weight is 319 g/mol. The molecule has 5 nitrogen and oxygen atoms in total. The first-order valence-corrected chi connectivity index (χ1v) is 9.19. The normalized spacial score (nSPS) is 19.4. The summed E-state index contributed by atoms with van der Waals surface area (Å²) in [4.78, 5) is 4.47. The van der Waals surface area contributed by atoms with Crippen molar-refractivity contribution in [3.63, 3.8) is 0 Å². The van der Waals surface area contributed by atoms with E-state index in [0.29, 0.717) is 18.0 Å². The molecular weight excluding hydrogens is 298 g/mol. The van der Waals surface area contributed by atoms with Crippen LogP contribution in [0.2, 0.25) is 0 Å². The Balaban J connectivity index is 1.71. The quantitative estimate of drug-likeness (QED) is 0.883. The van der Waals surface area contributed by atoms with E-state index in [4.69, 9.17) is 0 Å². The van der Waals surface area contributed by atoms with Gasteiger partial charge in [0.15, 0.2) is 0 Å². The number of fused-ring (bicyclic) bond motifs is 1. The third-order valence-electron chi connectivity index (χ3n) is 4.13. The Kier molecular flexibility index (Phi) is 4.71. The van der Waals surface area contributed by atoms with E-state index < -0.39 is 10.0 Å². The molecule has 1 aliphatic rings. The molecule has 0 bridgehead atoms. The van der Waals surface area contributed by atoms with Gasteiger partial charge in [-0.3, -0.25) is 4.98 Å². The molecule has 2 heterocycles. The zero-order valence-corrected chi connectivity index (χ0v) is 13.3. The lowest BCUT2D eigenvalue weighted by Gasteiger charge is -2.22. The molecule has 1 atom stereocenters. The summed E-state index contributed by atoms with van der Waals surface area (Å²) in [5.74, 6) is 0.557. The number of aromatic nitrogens is 1. The molecule has 22 heavy (non-hydrogen) atoms. The Bertz CT molecular complexity index is 735. The summed E-state index contributed by atoms with van der Waals surface area (Å²) in [5.41, 5.74) is 0.525. The average Bonchev–Trinajstić information content (AvgIpc) is 2.55. The second-order valence-electron chi connectivity index (χ2n) is 5.73. The summed E-state index contributed by atoms with van der Waals surface area (Å²) in [7, 11) is -3.52. The number of pyridine rings is 1. The zero-order valence-electron chi connectivity index (χ0n) is 12.5. The summed E-state index contributed by atoms with van der Waals surface area (Å²) in [6.07, 6.45) is 4.83. The molecule has 0 amide bonds. The highest BCUT2D eigenvalue weighted by molar-refractivity contribution is 7.89. The Morgan fingerprint density at radius 2 is 2.14 bits per heavy atom. The van der Waals surface area contributed by atoms with Crippen LogP contribution in [0.3, 0.4) is 0 Å². The van der Waals surface area contributed by atoms with Crippen LogP contribution in [0.4, 0.5) is 0 Å². The van der Waals surface area contributed by atoms with E-state index in [2.05, 4.69) is 15.0 Å². The molecule has 1 aromatic carbocycles. The second-order valence-corrected chi connectivity index (χ2v) is 7.47. The molecule has 1 unspecified atom stereocenters. The highest BCUT2D eigenvalue weighted by Gasteiger charge is 2.19. The highest BCUT2D eigenvalue weighted by atomic mass is 32.2. The minimum atomic E-state index is -3.52. The summed E-state index contributed by atoms with van der Waals surface area (Å²) in [6, 6.07) is 8.91. The Morgan fingerprint density at radius 3 is 2.95 bits per heavy atom. The maximum atomic E-state index is 12.5. The van der Waals surface area contributed by atoms with Gasteiger partial charge >= 0.3 is 0 Å². The number of para-hydroxylation sites is 1. The molecule has 1 fully saturated rings. The minimum absolute atomic E-state index is 0.257. The second kappa shape index (κ2) is 6.73. The van der Waals surface area contributed by atoms with E-state index in [9.17, 15) is 8.42 Å². The number of rotatable bonds is 5. The Labute approximate surface area is 131 Å². The molecule has 0 spiro atoms. The van der Waals surface area contributed by atoms with Gasteiger partial charge in [-0.25, -0.2) is 13.1 Å². The van der Waals surface area contributed by atoms with Gasteiger partial charge in [-0.1, -0.05) is 18.2 Å². The molecule has 6 heteroatoms. The first-order valence-electron chi connectivity index (χ1n) is 7.71. The van der Waals surface area contributed by atoms with Crippen molar-refractivity contribution in [2.75, 3.05) is 19.6 Å². The first kappa shape index (κ1) is 15.4. The van der Waals surface area contributed by atoms with Crippen molar-refractivity contribution < 1.29 is 8.42 Å². The number of hydrogen-bond donors (Lipinski definition) is 2. The van der Waals surface area contributed by atoms with Crippen LogP contribution in [-0.2, 0) is 10.0 Å². The minimum Gasteiger partial charge on any atom is -0.316 e. The van der Waals surface area contributed by atoms with Crippen LogP contribution in [-0.4, -0.2) is 33.0 Å². The molecule has 118 valence electrons. The monoisotopic (exact) mass is 319 g/mol. The lowest BCUT2D eigenvalue weighted by Crippen LogP contribution is -2.33. The van der Waals surface area contributed by atoms with E-state index in [0.717, 1.165) is 24.9 Å². The van der Waals surface area contributed by atoms with Gasteiger partial charge in [0.05, 0.1) is 5.52 Å². The lowest BCUT2D eigenvalue weighted by atomic mass is 9.96. The van der Waals surface area contributed by atoms with Crippen LogP contribution < -0.4 is 10.0 Å². The predicted molar refractivity (Wildman–Crippen MR) is 87.1 cm³/mol. The van der Waals surface area contributed by atoms with Crippen LogP contribution >= 0.6 is 0 Å². The van der Waals surface area contributed by atoms with E-state index in [1.807, 2.05) is 18.2 Å². The zero-order chi connectivity index (χ0) is 15.4. The van der Waals surface area contributed by atoms with Gasteiger partial charge in [-0.2, -0.15) is 0 Å². The third-order valence-corrected chi connectivity index (χ3v) is 5.62. The molecule has 1 aromatic heterocycles. The topological polar surface area (TPSA) is 71.1 Å². The molecule has 1 saturated heterocycles. The van der Waals surface area contributed by atoms with E-state index >= 15 is 0 Å². The summed E-state index contributed by atoms with van der Waals surface area (Å²) < 4.78 is 27.8. The first-order chi connectivity index (χ1) is 10.7. The number of piperidine rings is 1. The number of hydrogen-bond acceptors (Lipinski definition) is 4. The van der Waals surface area contributed by atoms with Gasteiger partial charge in [0.2, 0.25) is 10.0 Å². The van der Waals surface area contributed by atoms with E-state index in [1.54, 1.807) is 18.3 Å². The summed E-state index contributed by atoms with van der Waals surface area (Å²) >= 11 is 0. The van der Waals surface area contributed by atoms with Crippen molar-refractivity contribution in [2.24, 2.45) is 5.92 Å². The smallest absolute Gasteiger partial charge is 0.242 e. The van der Waals surface area contributed by atoms with Crippen LogP contribution in [0.1, 0.15) is 19.3 Å². The lowest BCUT2D eigenvalue weighted by molar-refractivity contribution is 0.358. The van der Waals surface area contributed by atoms with Gasteiger partial charge in [0, 0.05) is 18.1 Å². The number of sulfonamides is 1. The third kappa shape index (κ3) is 3.45. The SMILES string of the molecule is O=S(=O)(NCCC1CCCNC1)c1cccc2cccnc12. The predicted octanol–water partition coefficient (Wildman–Crippen LogP) is 1.90. The number of benzene rings is 1. The molecule has 2 N–H and O–H groups in total. The van der Waals surface area contributed by atoms with E-state index in [-0.39, 0.29) is 4.90 Å². The van der Waals surface area contributed by atoms with E-state index in [1.165, 1.54) is 12.8 Å². The van der Waals surface area contributed by atoms with Crippen molar-refractivity contribution in [1.82, 2.24) is 15.0 Å². The van der Waals surface area contributed by atoms with Crippen molar-refractivity contribution in [3.05, 3.63) is 36.5 Å². The highest BCUT2D eigenvalue weighted by Crippen LogP contribution is 2.20. The van der Waals surface area contributed by atoms with Gasteiger partial charge in [-0.05, 0) is 50.4 Å². The molecule has 3 rings (SSSR count). The largest absolute Gasteiger partial charge is 0.316 e. The van der Waals surface area contributed by atoms with Gasteiger partial charge in [0.25, 0.3) is 0 Å².